The molecule has 0 bridgehead atoms. The van der Waals surface area contributed by atoms with Gasteiger partial charge in [-0.2, -0.15) is 5.10 Å². The lowest BCUT2D eigenvalue weighted by molar-refractivity contribution is 0.199. The third-order valence-corrected chi connectivity index (χ3v) is 2.11. The van der Waals surface area contributed by atoms with Gasteiger partial charge in [0.05, 0.1) is 18.0 Å². The van der Waals surface area contributed by atoms with Gasteiger partial charge >= 0.3 is 0 Å². The third kappa shape index (κ3) is 1.67. The second-order valence-electron chi connectivity index (χ2n) is 3.23. The Hall–Kier alpha value is -1.61. The molecule has 3 nitrogen and oxygen atoms in total. The van der Waals surface area contributed by atoms with E-state index in [-0.39, 0.29) is 0 Å². The first-order valence-electron chi connectivity index (χ1n) is 4.55. The van der Waals surface area contributed by atoms with Crippen molar-refractivity contribution >= 4 is 0 Å². The van der Waals surface area contributed by atoms with E-state index in [1.165, 1.54) is 0 Å². The molecular formula is C11H12N2O. The van der Waals surface area contributed by atoms with E-state index in [2.05, 4.69) is 5.10 Å². The second-order valence-corrected chi connectivity index (χ2v) is 3.23. The van der Waals surface area contributed by atoms with Gasteiger partial charge in [-0.05, 0) is 19.1 Å². The molecule has 0 radical (unpaired) electrons. The number of aromatic nitrogens is 2. The van der Waals surface area contributed by atoms with E-state index in [1.807, 2.05) is 36.5 Å². The van der Waals surface area contributed by atoms with Crippen LogP contribution in [0.3, 0.4) is 0 Å². The maximum absolute atomic E-state index is 9.33. The van der Waals surface area contributed by atoms with Crippen LogP contribution in [-0.2, 0) is 0 Å². The van der Waals surface area contributed by atoms with E-state index in [4.69, 9.17) is 0 Å². The summed E-state index contributed by atoms with van der Waals surface area (Å²) in [5, 5.41) is 13.5. The second kappa shape index (κ2) is 3.64. The fourth-order valence-corrected chi connectivity index (χ4v) is 1.27. The molecule has 0 amide bonds. The van der Waals surface area contributed by atoms with Crippen LogP contribution in [0.1, 0.15) is 18.6 Å². The number of hydrogen-bond donors (Lipinski definition) is 1. The zero-order chi connectivity index (χ0) is 9.97. The summed E-state index contributed by atoms with van der Waals surface area (Å²) in [5.41, 5.74) is 1.83. The van der Waals surface area contributed by atoms with Crippen molar-refractivity contribution in [3.05, 3.63) is 48.3 Å². The summed E-state index contributed by atoms with van der Waals surface area (Å²) in [6.07, 6.45) is 3.05. The number of nitrogens with zero attached hydrogens (tertiary/aromatic N) is 2. The van der Waals surface area contributed by atoms with Crippen molar-refractivity contribution in [1.29, 1.82) is 0 Å². The van der Waals surface area contributed by atoms with Crippen molar-refractivity contribution in [2.45, 2.75) is 13.0 Å². The third-order valence-electron chi connectivity index (χ3n) is 2.11. The Morgan fingerprint density at radius 3 is 2.57 bits per heavy atom. The van der Waals surface area contributed by atoms with Gasteiger partial charge in [0.1, 0.15) is 0 Å². The topological polar surface area (TPSA) is 38.1 Å². The van der Waals surface area contributed by atoms with Crippen LogP contribution in [0, 0.1) is 0 Å². The molecule has 3 heteroatoms. The van der Waals surface area contributed by atoms with E-state index < -0.39 is 6.10 Å². The largest absolute Gasteiger partial charge is 0.389 e. The van der Waals surface area contributed by atoms with Crippen LogP contribution in [0.4, 0.5) is 0 Å². The number of benzene rings is 1. The Morgan fingerprint density at radius 2 is 2.00 bits per heavy atom. The molecule has 1 N–H and O–H groups in total. The van der Waals surface area contributed by atoms with Gasteiger partial charge in [0.2, 0.25) is 0 Å². The van der Waals surface area contributed by atoms with Crippen LogP contribution in [0.2, 0.25) is 0 Å². The van der Waals surface area contributed by atoms with Crippen LogP contribution in [-0.4, -0.2) is 14.9 Å². The molecule has 0 saturated heterocycles. The predicted octanol–water partition coefficient (Wildman–Crippen LogP) is 1.93. The summed E-state index contributed by atoms with van der Waals surface area (Å²) in [7, 11) is 0. The van der Waals surface area contributed by atoms with Gasteiger partial charge in [0.25, 0.3) is 0 Å². The van der Waals surface area contributed by atoms with Crippen LogP contribution in [0.15, 0.2) is 42.7 Å². The maximum atomic E-state index is 9.33. The first-order valence-corrected chi connectivity index (χ1v) is 4.55. The first-order chi connectivity index (χ1) is 6.77. The first kappa shape index (κ1) is 8.97. The molecule has 1 heterocycles. The van der Waals surface area contributed by atoms with E-state index >= 15 is 0 Å². The summed E-state index contributed by atoms with van der Waals surface area (Å²) in [4.78, 5) is 0. The number of rotatable bonds is 2. The summed E-state index contributed by atoms with van der Waals surface area (Å²) >= 11 is 0. The minimum atomic E-state index is -0.465. The van der Waals surface area contributed by atoms with Gasteiger partial charge < -0.3 is 5.11 Å². The van der Waals surface area contributed by atoms with Gasteiger partial charge in [-0.25, -0.2) is 4.68 Å². The molecular weight excluding hydrogens is 176 g/mol. The number of hydrogen-bond acceptors (Lipinski definition) is 2. The molecule has 72 valence electrons. The SMILES string of the molecule is C[C@H](O)c1cnn(-c2ccccc2)c1. The van der Waals surface area contributed by atoms with Crippen molar-refractivity contribution in [2.75, 3.05) is 0 Å². The number of aliphatic hydroxyl groups is 1. The van der Waals surface area contributed by atoms with Gasteiger partial charge in [-0.1, -0.05) is 18.2 Å². The summed E-state index contributed by atoms with van der Waals surface area (Å²) < 4.78 is 1.75. The molecule has 2 aromatic rings. The quantitative estimate of drug-likeness (QED) is 0.782. The Balaban J connectivity index is 2.34. The molecule has 1 aromatic carbocycles. The van der Waals surface area contributed by atoms with Crippen LogP contribution in [0.25, 0.3) is 5.69 Å². The zero-order valence-electron chi connectivity index (χ0n) is 7.96. The Bertz CT molecular complexity index is 406. The van der Waals surface area contributed by atoms with Gasteiger partial charge in [0, 0.05) is 11.8 Å². The average molecular weight is 188 g/mol. The Kier molecular flexibility index (Phi) is 2.33. The molecule has 0 unspecified atom stereocenters. The van der Waals surface area contributed by atoms with Gasteiger partial charge in [-0.15, -0.1) is 0 Å². The standard InChI is InChI=1S/C11H12N2O/c1-9(14)10-7-12-13(8-10)11-5-3-2-4-6-11/h2-9,14H,1H3/t9-/m0/s1. The number of para-hydroxylation sites is 1. The lowest BCUT2D eigenvalue weighted by Gasteiger charge is -2.00. The molecule has 0 aliphatic carbocycles. The van der Waals surface area contributed by atoms with Crippen LogP contribution in [0.5, 0.6) is 0 Å². The summed E-state index contributed by atoms with van der Waals surface area (Å²) in [5.74, 6) is 0. The minimum absolute atomic E-state index is 0.465. The molecule has 0 fully saturated rings. The normalized spacial score (nSPS) is 12.7. The van der Waals surface area contributed by atoms with Crippen molar-refractivity contribution in [1.82, 2.24) is 9.78 Å². The predicted molar refractivity (Wildman–Crippen MR) is 54.2 cm³/mol. The Labute approximate surface area is 82.6 Å². The monoisotopic (exact) mass is 188 g/mol. The highest BCUT2D eigenvalue weighted by Crippen LogP contribution is 2.13. The molecule has 0 spiro atoms. The molecule has 2 rings (SSSR count). The Morgan fingerprint density at radius 1 is 1.29 bits per heavy atom. The zero-order valence-corrected chi connectivity index (χ0v) is 7.96. The van der Waals surface area contributed by atoms with Crippen molar-refractivity contribution in [3.63, 3.8) is 0 Å². The molecule has 0 saturated carbocycles. The molecule has 1 aromatic heterocycles. The summed E-state index contributed by atoms with van der Waals surface area (Å²) in [6.45, 7) is 1.73. The van der Waals surface area contributed by atoms with E-state index in [0.717, 1.165) is 11.3 Å². The van der Waals surface area contributed by atoms with Crippen molar-refractivity contribution in [3.8, 4) is 5.69 Å². The highest BCUT2D eigenvalue weighted by atomic mass is 16.3. The van der Waals surface area contributed by atoms with E-state index in [9.17, 15) is 5.11 Å². The van der Waals surface area contributed by atoms with Gasteiger partial charge in [-0.3, -0.25) is 0 Å². The molecule has 0 aliphatic heterocycles. The number of aliphatic hydroxyl groups excluding tert-OH is 1. The van der Waals surface area contributed by atoms with Crippen molar-refractivity contribution in [2.24, 2.45) is 0 Å². The maximum Gasteiger partial charge on any atom is 0.0792 e. The summed E-state index contributed by atoms with van der Waals surface area (Å²) in [6, 6.07) is 9.82. The highest BCUT2D eigenvalue weighted by molar-refractivity contribution is 5.31. The fraction of sp³-hybridized carbons (Fsp3) is 0.182. The van der Waals surface area contributed by atoms with Gasteiger partial charge in [0.15, 0.2) is 0 Å². The highest BCUT2D eigenvalue weighted by Gasteiger charge is 2.04. The van der Waals surface area contributed by atoms with Crippen LogP contribution >= 0.6 is 0 Å². The lowest BCUT2D eigenvalue weighted by atomic mass is 10.2. The smallest absolute Gasteiger partial charge is 0.0792 e. The average Bonchev–Trinajstić information content (AvgIpc) is 2.68. The molecule has 14 heavy (non-hydrogen) atoms. The minimum Gasteiger partial charge on any atom is -0.389 e. The van der Waals surface area contributed by atoms with Crippen LogP contribution < -0.4 is 0 Å². The van der Waals surface area contributed by atoms with E-state index in [1.54, 1.807) is 17.8 Å². The molecule has 1 atom stereocenters. The van der Waals surface area contributed by atoms with Crippen molar-refractivity contribution < 1.29 is 5.11 Å². The fourth-order valence-electron chi connectivity index (χ4n) is 1.27. The molecule has 0 aliphatic rings. The van der Waals surface area contributed by atoms with E-state index in [0.29, 0.717) is 0 Å². The lowest BCUT2D eigenvalue weighted by Crippen LogP contribution is -1.93.